The predicted octanol–water partition coefficient (Wildman–Crippen LogP) is 3.93. The first-order valence-electron chi connectivity index (χ1n) is 29.3. The number of phenols is 1. The number of carbonyl (C=O) groups is 9. The van der Waals surface area contributed by atoms with Crippen LogP contribution in [0.3, 0.4) is 0 Å². The SMILES string of the molecule is CC(=O)O.CC(C)[C@@H]1NC(=O)[C@H](CCCCN)NC(=O)[C@@H](Cc2c[nH]c3ccccc23)NC(=O)[C@H](Cc2ccc(O)cc2)NC(=O)[C@@H](NC(=O)[C@H](N)Cc2ccc3ccccc3c2)CSSC[C@@H](C(=O)N[C@H](Cc2ccc3ccccc3c2)C(N)=O)NC1=O. The Morgan fingerprint density at radius 3 is 1.79 bits per heavy atom. The van der Waals surface area contributed by atoms with E-state index in [4.69, 9.17) is 27.1 Å². The number of carboxylic acid groups (broad SMARTS) is 1. The Morgan fingerprint density at radius 1 is 0.629 bits per heavy atom. The topological polar surface area (TPSA) is 372 Å². The van der Waals surface area contributed by atoms with Gasteiger partial charge in [0, 0.05) is 54.8 Å². The summed E-state index contributed by atoms with van der Waals surface area (Å²) < 4.78 is 0. The Balaban J connectivity index is 0.00000274. The Morgan fingerprint density at radius 2 is 1.17 bits per heavy atom. The lowest BCUT2D eigenvalue weighted by atomic mass is 9.99. The van der Waals surface area contributed by atoms with Crippen molar-refractivity contribution in [2.24, 2.45) is 23.1 Å². The van der Waals surface area contributed by atoms with E-state index in [2.05, 4.69) is 42.2 Å². The molecule has 0 bridgehead atoms. The second-order valence-electron chi connectivity index (χ2n) is 22.2. The molecule has 7 aromatic rings. The number of carboxylic acids is 1. The van der Waals surface area contributed by atoms with Crippen molar-refractivity contribution >= 4 is 107 Å². The number of nitrogens with two attached hydrogens (primary N) is 3. The van der Waals surface area contributed by atoms with Gasteiger partial charge in [0.05, 0.1) is 6.04 Å². The molecular weight excluding hydrogens is 1170 g/mol. The van der Waals surface area contributed by atoms with Gasteiger partial charge in [-0.15, -0.1) is 0 Å². The van der Waals surface area contributed by atoms with Crippen LogP contribution in [0.15, 0.2) is 140 Å². The van der Waals surface area contributed by atoms with Crippen molar-refractivity contribution in [1.82, 2.24) is 42.2 Å². The van der Waals surface area contributed by atoms with Crippen molar-refractivity contribution in [1.29, 1.82) is 0 Å². The van der Waals surface area contributed by atoms with Gasteiger partial charge < -0.3 is 69.6 Å². The van der Waals surface area contributed by atoms with Crippen LogP contribution in [0, 0.1) is 5.92 Å². The summed E-state index contributed by atoms with van der Waals surface area (Å²) in [7, 11) is 2.14. The molecule has 470 valence electrons. The van der Waals surface area contributed by atoms with Crippen LogP contribution in [0.2, 0.25) is 0 Å². The lowest BCUT2D eigenvalue weighted by Crippen LogP contribution is -2.61. The number of benzene rings is 6. The number of aromatic amines is 1. The molecule has 8 atom stereocenters. The maximum Gasteiger partial charge on any atom is 0.300 e. The number of aromatic nitrogens is 1. The van der Waals surface area contributed by atoms with Crippen LogP contribution in [-0.2, 0) is 68.8 Å². The van der Waals surface area contributed by atoms with Crippen molar-refractivity contribution in [2.45, 2.75) is 114 Å². The van der Waals surface area contributed by atoms with Crippen LogP contribution in [-0.4, -0.2) is 135 Å². The zero-order valence-corrected chi connectivity index (χ0v) is 51.3. The molecule has 22 nitrogen and oxygen atoms in total. The molecule has 1 aliphatic heterocycles. The minimum absolute atomic E-state index is 0.0182. The molecule has 1 saturated heterocycles. The second kappa shape index (κ2) is 32.8. The molecule has 1 aromatic heterocycles. The van der Waals surface area contributed by atoms with E-state index in [0.717, 1.165) is 66.5 Å². The Labute approximate surface area is 523 Å². The number of nitrogens with one attached hydrogen (secondary N) is 8. The van der Waals surface area contributed by atoms with Crippen LogP contribution in [0.4, 0.5) is 0 Å². The van der Waals surface area contributed by atoms with E-state index >= 15 is 0 Å². The third kappa shape index (κ3) is 20.0. The maximum absolute atomic E-state index is 15.0. The van der Waals surface area contributed by atoms with Crippen LogP contribution in [0.25, 0.3) is 32.4 Å². The van der Waals surface area contributed by atoms with E-state index in [1.807, 2.05) is 109 Å². The molecule has 0 spiro atoms. The summed E-state index contributed by atoms with van der Waals surface area (Å²) in [6.45, 7) is 4.77. The summed E-state index contributed by atoms with van der Waals surface area (Å²) >= 11 is 0. The number of carbonyl (C=O) groups excluding carboxylic acids is 8. The lowest BCUT2D eigenvalue weighted by Gasteiger charge is -2.29. The summed E-state index contributed by atoms with van der Waals surface area (Å²) in [5.41, 5.74) is 21.8. The van der Waals surface area contributed by atoms with Gasteiger partial charge in [-0.25, -0.2) is 0 Å². The summed E-state index contributed by atoms with van der Waals surface area (Å²) in [5.74, 6) is -7.91. The van der Waals surface area contributed by atoms with Crippen molar-refractivity contribution in [2.75, 3.05) is 18.1 Å². The number of H-pyrrole nitrogens is 1. The smallest absolute Gasteiger partial charge is 0.300 e. The molecule has 16 N–H and O–H groups in total. The van der Waals surface area contributed by atoms with Crippen LogP contribution < -0.4 is 54.4 Å². The molecule has 1 aliphatic rings. The highest BCUT2D eigenvalue weighted by molar-refractivity contribution is 8.76. The molecule has 0 aliphatic carbocycles. The van der Waals surface area contributed by atoms with Gasteiger partial charge in [-0.3, -0.25) is 43.2 Å². The van der Waals surface area contributed by atoms with Crippen molar-refractivity contribution in [3.05, 3.63) is 162 Å². The summed E-state index contributed by atoms with van der Waals surface area (Å²) in [4.78, 5) is 128. The Kier molecular flexibility index (Phi) is 24.9. The first-order valence-corrected chi connectivity index (χ1v) is 31.7. The second-order valence-corrected chi connectivity index (χ2v) is 24.7. The number of amides is 8. The molecule has 0 saturated carbocycles. The number of rotatable bonds is 18. The zero-order valence-electron chi connectivity index (χ0n) is 49.7. The molecule has 0 unspecified atom stereocenters. The van der Waals surface area contributed by atoms with Crippen molar-refractivity contribution < 1.29 is 53.4 Å². The summed E-state index contributed by atoms with van der Waals surface area (Å²) in [5, 5.41) is 41.9. The van der Waals surface area contributed by atoms with E-state index in [-0.39, 0.29) is 55.9 Å². The third-order valence-electron chi connectivity index (χ3n) is 14.9. The summed E-state index contributed by atoms with van der Waals surface area (Å²) in [6.07, 6.45) is 2.56. The number of hydrogen-bond acceptors (Lipinski definition) is 14. The minimum atomic E-state index is -1.41. The minimum Gasteiger partial charge on any atom is -0.508 e. The Hall–Kier alpha value is -8.97. The van der Waals surface area contributed by atoms with E-state index in [0.29, 0.717) is 29.5 Å². The van der Waals surface area contributed by atoms with Gasteiger partial charge in [0.15, 0.2) is 0 Å². The predicted molar refractivity (Wildman–Crippen MR) is 346 cm³/mol. The molecule has 0 radical (unpaired) electrons. The Bertz CT molecular complexity index is 3640. The highest BCUT2D eigenvalue weighted by Gasteiger charge is 2.36. The number of primary amides is 1. The third-order valence-corrected chi connectivity index (χ3v) is 17.3. The van der Waals surface area contributed by atoms with Crippen molar-refractivity contribution in [3.63, 3.8) is 0 Å². The van der Waals surface area contributed by atoms with Gasteiger partial charge in [-0.2, -0.15) is 0 Å². The number of aliphatic carboxylic acids is 1. The lowest BCUT2D eigenvalue weighted by molar-refractivity contribution is -0.136. The molecule has 2 heterocycles. The average Bonchev–Trinajstić information content (AvgIpc) is 2.37. The average molecular weight is 1250 g/mol. The van der Waals surface area contributed by atoms with Crippen LogP contribution >= 0.6 is 21.6 Å². The van der Waals surface area contributed by atoms with Crippen molar-refractivity contribution in [3.8, 4) is 5.75 Å². The fourth-order valence-corrected chi connectivity index (χ4v) is 12.4. The van der Waals surface area contributed by atoms with Gasteiger partial charge in [0.2, 0.25) is 47.3 Å². The van der Waals surface area contributed by atoms with Gasteiger partial charge in [0.1, 0.15) is 48.0 Å². The quantitative estimate of drug-likeness (QED) is 0.0428. The van der Waals surface area contributed by atoms with Crippen LogP contribution in [0.1, 0.15) is 62.3 Å². The first-order chi connectivity index (χ1) is 42.6. The molecule has 89 heavy (non-hydrogen) atoms. The standard InChI is InChI=1S/C63H73N11O9S2.C2H4O2/c1-36(2)55-63(83)73-54(61(81)69-50(56(66)76)31-39-19-23-41-12-4-6-14-43(41)28-39)35-85-84-34-53(72-57(77)47(65)29-38-18-22-40-11-3-5-13-42(40)27-38)62(82)70-51(30-37-20-24-45(75)25-21-37)59(79)71-52(32-44-33-67-48-16-8-7-15-46(44)48)60(80)68-49(58(78)74-55)17-9-10-26-64;1-2(3)4/h3-8,11-16,18-25,27-28,33,36,47,49-55,67,75H,9-10,17,26,29-32,34-35,64-65H2,1-2H3,(H2,66,76)(H,68,80)(H,69,81)(H,70,82)(H,71,79)(H,72,77)(H,73,83)(H,74,78);1H3,(H,3,4)/t47-,49+,50-,51+,52-,53+,54+,55+;/m1./s1. The van der Waals surface area contributed by atoms with Crippen LogP contribution in [0.5, 0.6) is 5.75 Å². The molecule has 8 amide bonds. The monoisotopic (exact) mass is 1250 g/mol. The largest absolute Gasteiger partial charge is 0.508 e. The van der Waals surface area contributed by atoms with E-state index in [1.165, 1.54) is 12.1 Å². The summed E-state index contributed by atoms with van der Waals surface area (Å²) in [6, 6.07) is 29.7. The number of hydrogen-bond donors (Lipinski definition) is 13. The fourth-order valence-electron chi connectivity index (χ4n) is 10.1. The van der Waals surface area contributed by atoms with Gasteiger partial charge in [0.25, 0.3) is 5.97 Å². The van der Waals surface area contributed by atoms with E-state index in [1.54, 1.807) is 32.2 Å². The molecular formula is C65H77N11O11S2. The molecule has 24 heteroatoms. The van der Waals surface area contributed by atoms with E-state index < -0.39 is 107 Å². The first kappa shape index (κ1) is 67.5. The highest BCUT2D eigenvalue weighted by Crippen LogP contribution is 2.26. The maximum atomic E-state index is 15.0. The van der Waals surface area contributed by atoms with Gasteiger partial charge in [-0.05, 0) is 100 Å². The normalized spacial score (nSPS) is 19.7. The van der Waals surface area contributed by atoms with E-state index in [9.17, 15) is 43.5 Å². The van der Waals surface area contributed by atoms with Gasteiger partial charge >= 0.3 is 0 Å². The number of aromatic hydroxyl groups is 1. The molecule has 6 aromatic carbocycles. The number of phenolic OH excluding ortho intramolecular Hbond substituents is 1. The molecule has 1 fully saturated rings. The zero-order chi connectivity index (χ0) is 64.1. The number of para-hydroxylation sites is 1. The van der Waals surface area contributed by atoms with Gasteiger partial charge in [-0.1, -0.05) is 151 Å². The highest BCUT2D eigenvalue weighted by atomic mass is 33.1. The fraction of sp³-hybridized carbons (Fsp3) is 0.338. The number of unbranched alkanes of at least 4 members (excludes halogenated alkanes) is 1. The number of fused-ring (bicyclic) bond motifs is 3. The molecule has 8 rings (SSSR count).